The first-order valence-corrected chi connectivity index (χ1v) is 5.58. The lowest BCUT2D eigenvalue weighted by Crippen LogP contribution is -2.41. The molecule has 1 saturated heterocycles. The summed E-state index contributed by atoms with van der Waals surface area (Å²) in [5, 5.41) is 7.47. The van der Waals surface area contributed by atoms with Crippen LogP contribution in [0.15, 0.2) is 11.9 Å². The summed E-state index contributed by atoms with van der Waals surface area (Å²) in [6.45, 7) is 4.68. The molecule has 5 nitrogen and oxygen atoms in total. The lowest BCUT2D eigenvalue weighted by Gasteiger charge is -2.23. The molecule has 16 heavy (non-hydrogen) atoms. The van der Waals surface area contributed by atoms with Gasteiger partial charge < -0.3 is 10.1 Å². The maximum atomic E-state index is 5.42. The minimum absolute atomic E-state index is 0.429. The van der Waals surface area contributed by atoms with Crippen LogP contribution in [-0.2, 0) is 11.8 Å². The van der Waals surface area contributed by atoms with E-state index in [4.69, 9.17) is 4.74 Å². The van der Waals surface area contributed by atoms with Crippen molar-refractivity contribution in [3.05, 3.63) is 17.7 Å². The Morgan fingerprint density at radius 2 is 2.62 bits per heavy atom. The average molecular weight is 222 g/mol. The number of aryl methyl sites for hydroxylation is 1. The summed E-state index contributed by atoms with van der Waals surface area (Å²) in [6.07, 6.45) is 4.64. The summed E-state index contributed by atoms with van der Waals surface area (Å²) < 4.78 is 7.19. The van der Waals surface area contributed by atoms with Crippen LogP contribution < -0.4 is 5.32 Å². The lowest BCUT2D eigenvalue weighted by atomic mass is 10.1. The van der Waals surface area contributed by atoms with Crippen LogP contribution in [0.3, 0.4) is 0 Å². The third-order valence-electron chi connectivity index (χ3n) is 2.69. The van der Waals surface area contributed by atoms with E-state index in [1.807, 2.05) is 7.05 Å². The maximum absolute atomic E-state index is 5.42. The summed E-state index contributed by atoms with van der Waals surface area (Å²) in [6, 6.07) is 0.429. The molecule has 5 heteroatoms. The van der Waals surface area contributed by atoms with E-state index in [1.165, 1.54) is 5.57 Å². The lowest BCUT2D eigenvalue weighted by molar-refractivity contribution is 0.0771. The topological polar surface area (TPSA) is 52.0 Å². The number of nitrogens with zero attached hydrogens (tertiary/aromatic N) is 3. The van der Waals surface area contributed by atoms with Crippen LogP contribution in [0.2, 0.25) is 0 Å². The summed E-state index contributed by atoms with van der Waals surface area (Å²) in [5.74, 6) is 0.897. The van der Waals surface area contributed by atoms with Gasteiger partial charge in [0, 0.05) is 19.6 Å². The highest BCUT2D eigenvalue weighted by Crippen LogP contribution is 2.10. The predicted octanol–water partition coefficient (Wildman–Crippen LogP) is 0.597. The maximum Gasteiger partial charge on any atom is 0.150 e. The average Bonchev–Trinajstić information content (AvgIpc) is 2.66. The minimum Gasteiger partial charge on any atom is -0.379 e. The number of rotatable bonds is 3. The van der Waals surface area contributed by atoms with Gasteiger partial charge in [0.15, 0.2) is 0 Å². The molecular weight excluding hydrogens is 204 g/mol. The summed E-state index contributed by atoms with van der Waals surface area (Å²) in [7, 11) is 1.90. The molecule has 2 heterocycles. The molecule has 1 unspecified atom stereocenters. The van der Waals surface area contributed by atoms with Gasteiger partial charge in [-0.3, -0.25) is 0 Å². The molecule has 1 aromatic rings. The molecule has 0 radical (unpaired) electrons. The Morgan fingerprint density at radius 1 is 1.75 bits per heavy atom. The first-order valence-electron chi connectivity index (χ1n) is 5.58. The van der Waals surface area contributed by atoms with Crippen molar-refractivity contribution < 1.29 is 4.74 Å². The van der Waals surface area contributed by atoms with Gasteiger partial charge in [-0.25, -0.2) is 9.67 Å². The van der Waals surface area contributed by atoms with Crippen LogP contribution in [0.5, 0.6) is 0 Å². The van der Waals surface area contributed by atoms with E-state index in [-0.39, 0.29) is 0 Å². The third-order valence-corrected chi connectivity index (χ3v) is 2.69. The largest absolute Gasteiger partial charge is 0.379 e. The summed E-state index contributed by atoms with van der Waals surface area (Å²) >= 11 is 0. The van der Waals surface area contributed by atoms with Crippen molar-refractivity contribution in [1.29, 1.82) is 0 Å². The van der Waals surface area contributed by atoms with Gasteiger partial charge >= 0.3 is 0 Å². The minimum atomic E-state index is 0.429. The fourth-order valence-corrected chi connectivity index (χ4v) is 1.85. The molecule has 1 N–H and O–H groups in total. The summed E-state index contributed by atoms with van der Waals surface area (Å²) in [4.78, 5) is 4.17. The highest BCUT2D eigenvalue weighted by atomic mass is 16.5. The summed E-state index contributed by atoms with van der Waals surface area (Å²) in [5.41, 5.74) is 1.29. The van der Waals surface area contributed by atoms with Crippen LogP contribution >= 0.6 is 0 Å². The number of nitrogens with one attached hydrogen (secondary N) is 1. The second-order valence-electron chi connectivity index (χ2n) is 4.16. The molecule has 0 aromatic carbocycles. The molecular formula is C11H18N4O. The van der Waals surface area contributed by atoms with Gasteiger partial charge in [-0.05, 0) is 19.4 Å². The van der Waals surface area contributed by atoms with Gasteiger partial charge in [-0.15, -0.1) is 0 Å². The molecule has 1 aliphatic heterocycles. The Balaban J connectivity index is 1.94. The molecule has 1 aromatic heterocycles. The van der Waals surface area contributed by atoms with Crippen molar-refractivity contribution in [3.63, 3.8) is 0 Å². The van der Waals surface area contributed by atoms with E-state index in [0.717, 1.165) is 32.0 Å². The normalized spacial score (nSPS) is 22.4. The van der Waals surface area contributed by atoms with Crippen molar-refractivity contribution >= 4 is 6.08 Å². The number of hydrogen-bond acceptors (Lipinski definition) is 4. The zero-order valence-electron chi connectivity index (χ0n) is 9.81. The fraction of sp³-hybridized carbons (Fsp3) is 0.636. The molecule has 88 valence electrons. The molecule has 0 amide bonds. The molecule has 0 bridgehead atoms. The van der Waals surface area contributed by atoms with Gasteiger partial charge in [-0.2, -0.15) is 5.10 Å². The van der Waals surface area contributed by atoms with Gasteiger partial charge in [0.1, 0.15) is 12.2 Å². The molecule has 0 spiro atoms. The highest BCUT2D eigenvalue weighted by molar-refractivity contribution is 5.44. The molecule has 1 aliphatic rings. The molecule has 1 fully saturated rings. The van der Waals surface area contributed by atoms with E-state index in [1.54, 1.807) is 11.0 Å². The Kier molecular flexibility index (Phi) is 3.69. The molecule has 0 saturated carbocycles. The van der Waals surface area contributed by atoms with Crippen molar-refractivity contribution in [2.75, 3.05) is 19.8 Å². The second-order valence-corrected chi connectivity index (χ2v) is 4.16. The van der Waals surface area contributed by atoms with Crippen LogP contribution in [0.25, 0.3) is 6.08 Å². The van der Waals surface area contributed by atoms with Crippen molar-refractivity contribution in [2.45, 2.75) is 19.4 Å². The molecule has 1 atom stereocenters. The van der Waals surface area contributed by atoms with E-state index < -0.39 is 0 Å². The van der Waals surface area contributed by atoms with Gasteiger partial charge in [0.05, 0.1) is 13.2 Å². The first kappa shape index (κ1) is 11.3. The number of ether oxygens (including phenoxy) is 1. The van der Waals surface area contributed by atoms with Crippen LogP contribution in [0.4, 0.5) is 0 Å². The number of hydrogen-bond donors (Lipinski definition) is 1. The van der Waals surface area contributed by atoms with Crippen molar-refractivity contribution in [2.24, 2.45) is 7.05 Å². The molecule has 2 rings (SSSR count). The van der Waals surface area contributed by atoms with E-state index >= 15 is 0 Å². The SMILES string of the molecule is CC(=Cc1ncnn1C)CC1COCCN1. The Hall–Kier alpha value is -1.20. The van der Waals surface area contributed by atoms with E-state index in [2.05, 4.69) is 28.4 Å². The van der Waals surface area contributed by atoms with Gasteiger partial charge in [0.25, 0.3) is 0 Å². The van der Waals surface area contributed by atoms with Crippen molar-refractivity contribution in [3.8, 4) is 0 Å². The second kappa shape index (κ2) is 5.23. The fourth-order valence-electron chi connectivity index (χ4n) is 1.85. The molecule has 0 aliphatic carbocycles. The van der Waals surface area contributed by atoms with E-state index in [0.29, 0.717) is 6.04 Å². The zero-order valence-corrected chi connectivity index (χ0v) is 9.81. The van der Waals surface area contributed by atoms with Gasteiger partial charge in [-0.1, -0.05) is 5.57 Å². The number of aromatic nitrogens is 3. The van der Waals surface area contributed by atoms with E-state index in [9.17, 15) is 0 Å². The quantitative estimate of drug-likeness (QED) is 0.813. The Bertz CT molecular complexity index is 366. The Labute approximate surface area is 95.5 Å². The van der Waals surface area contributed by atoms with Gasteiger partial charge in [0.2, 0.25) is 0 Å². The first-order chi connectivity index (χ1) is 7.75. The Morgan fingerprint density at radius 3 is 3.25 bits per heavy atom. The zero-order chi connectivity index (χ0) is 11.4. The monoisotopic (exact) mass is 222 g/mol. The van der Waals surface area contributed by atoms with Crippen LogP contribution in [0, 0.1) is 0 Å². The standard InChI is InChI=1S/C11H18N4O/c1-9(5-10-7-16-4-3-12-10)6-11-13-8-14-15(11)2/h6,8,10,12H,3-5,7H2,1-2H3. The van der Waals surface area contributed by atoms with Crippen molar-refractivity contribution in [1.82, 2.24) is 20.1 Å². The highest BCUT2D eigenvalue weighted by Gasteiger charge is 2.13. The predicted molar refractivity (Wildman–Crippen MR) is 61.9 cm³/mol. The smallest absolute Gasteiger partial charge is 0.150 e. The number of morpholine rings is 1. The third kappa shape index (κ3) is 2.90. The van der Waals surface area contributed by atoms with Crippen LogP contribution in [0.1, 0.15) is 19.2 Å². The van der Waals surface area contributed by atoms with Crippen LogP contribution in [-0.4, -0.2) is 40.6 Å².